The summed E-state index contributed by atoms with van der Waals surface area (Å²) < 4.78 is 0.766. The second-order valence-corrected chi connectivity index (χ2v) is 4.56. The lowest BCUT2D eigenvalue weighted by Gasteiger charge is -2.13. The lowest BCUT2D eigenvalue weighted by atomic mass is 10.1. The minimum atomic E-state index is -0.815. The van der Waals surface area contributed by atoms with Gasteiger partial charge in [0.2, 0.25) is 0 Å². The number of aromatic nitrogens is 1. The van der Waals surface area contributed by atoms with Crippen LogP contribution in [0.2, 0.25) is 5.02 Å². The van der Waals surface area contributed by atoms with E-state index in [2.05, 4.69) is 20.9 Å². The van der Waals surface area contributed by atoms with Gasteiger partial charge in [0.15, 0.2) is 0 Å². The maximum atomic E-state index is 10.2. The Labute approximate surface area is 107 Å². The van der Waals surface area contributed by atoms with Crippen molar-refractivity contribution < 1.29 is 5.11 Å². The second-order valence-electron chi connectivity index (χ2n) is 3.29. The molecule has 82 valence electrons. The van der Waals surface area contributed by atoms with Crippen molar-refractivity contribution in [3.8, 4) is 0 Å². The van der Waals surface area contributed by atoms with Crippen molar-refractivity contribution >= 4 is 27.5 Å². The highest BCUT2D eigenvalue weighted by molar-refractivity contribution is 9.10. The molecule has 2 rings (SSSR count). The van der Waals surface area contributed by atoms with Crippen molar-refractivity contribution in [2.75, 3.05) is 0 Å². The van der Waals surface area contributed by atoms with Gasteiger partial charge in [-0.1, -0.05) is 29.8 Å². The first-order valence-corrected chi connectivity index (χ1v) is 5.90. The van der Waals surface area contributed by atoms with Crippen LogP contribution in [0.25, 0.3) is 0 Å². The highest BCUT2D eigenvalue weighted by atomic mass is 79.9. The normalized spacial score (nSPS) is 12.4. The summed E-state index contributed by atoms with van der Waals surface area (Å²) in [7, 11) is 0. The van der Waals surface area contributed by atoms with Gasteiger partial charge in [-0.25, -0.2) is 0 Å². The van der Waals surface area contributed by atoms with E-state index in [4.69, 9.17) is 11.6 Å². The van der Waals surface area contributed by atoms with Gasteiger partial charge < -0.3 is 5.11 Å². The fraction of sp³-hybridized carbons (Fsp3) is 0.0833. The summed E-state index contributed by atoms with van der Waals surface area (Å²) in [6.45, 7) is 0. The van der Waals surface area contributed by atoms with Crippen molar-refractivity contribution in [1.29, 1.82) is 0 Å². The van der Waals surface area contributed by atoms with E-state index in [9.17, 15) is 5.11 Å². The summed E-state index contributed by atoms with van der Waals surface area (Å²) in [5, 5.41) is 10.7. The van der Waals surface area contributed by atoms with E-state index in [1.807, 2.05) is 18.2 Å². The highest BCUT2D eigenvalue weighted by Crippen LogP contribution is 2.30. The zero-order valence-electron chi connectivity index (χ0n) is 8.27. The second kappa shape index (κ2) is 4.95. The Hall–Kier alpha value is -0.900. The van der Waals surface area contributed by atoms with Crippen LogP contribution in [0.15, 0.2) is 47.1 Å². The molecule has 1 atom stereocenters. The molecule has 0 spiro atoms. The summed E-state index contributed by atoms with van der Waals surface area (Å²) in [5.74, 6) is 0. The maximum absolute atomic E-state index is 10.2. The number of aliphatic hydroxyl groups is 1. The molecular formula is C12H9BrClNO. The summed E-state index contributed by atoms with van der Waals surface area (Å²) >= 11 is 9.37. The Morgan fingerprint density at radius 3 is 2.62 bits per heavy atom. The first kappa shape index (κ1) is 11.6. The number of halogens is 2. The van der Waals surface area contributed by atoms with Crippen LogP contribution >= 0.6 is 27.5 Å². The molecule has 1 N–H and O–H groups in total. The number of rotatable bonds is 2. The summed E-state index contributed by atoms with van der Waals surface area (Å²) in [6.07, 6.45) is 0.824. The molecule has 0 bridgehead atoms. The van der Waals surface area contributed by atoms with E-state index >= 15 is 0 Å². The summed E-state index contributed by atoms with van der Waals surface area (Å²) in [4.78, 5) is 4.14. The predicted molar refractivity (Wildman–Crippen MR) is 67.5 cm³/mol. The molecular weight excluding hydrogens is 289 g/mol. The molecule has 1 aromatic heterocycles. The van der Waals surface area contributed by atoms with Gasteiger partial charge in [0.1, 0.15) is 6.10 Å². The molecule has 0 amide bonds. The maximum Gasteiger partial charge on any atom is 0.124 e. The number of hydrogen-bond acceptors (Lipinski definition) is 2. The standard InChI is InChI=1S/C12H9BrClNO/c13-9-5-3-7-15-11(9)12(16)8-4-1-2-6-10(8)14/h1-7,12,16H. The molecule has 0 saturated heterocycles. The molecule has 0 fully saturated rings. The Bertz CT molecular complexity index is 458. The molecule has 1 aromatic carbocycles. The van der Waals surface area contributed by atoms with Crippen molar-refractivity contribution in [3.63, 3.8) is 0 Å². The van der Waals surface area contributed by atoms with E-state index in [1.54, 1.807) is 24.4 Å². The van der Waals surface area contributed by atoms with Gasteiger partial charge in [0.05, 0.1) is 5.69 Å². The van der Waals surface area contributed by atoms with E-state index in [1.165, 1.54) is 0 Å². The van der Waals surface area contributed by atoms with Crippen LogP contribution < -0.4 is 0 Å². The third kappa shape index (κ3) is 2.26. The lowest BCUT2D eigenvalue weighted by molar-refractivity contribution is 0.214. The van der Waals surface area contributed by atoms with Crippen LogP contribution in [0.1, 0.15) is 17.4 Å². The molecule has 0 radical (unpaired) electrons. The Kier molecular flexibility index (Phi) is 3.59. The van der Waals surface area contributed by atoms with Gasteiger partial charge in [-0.05, 0) is 34.1 Å². The van der Waals surface area contributed by atoms with Crippen LogP contribution in [-0.4, -0.2) is 10.1 Å². The first-order valence-electron chi connectivity index (χ1n) is 4.73. The number of benzene rings is 1. The van der Waals surface area contributed by atoms with Crippen LogP contribution in [-0.2, 0) is 0 Å². The molecule has 2 aromatic rings. The topological polar surface area (TPSA) is 33.1 Å². The minimum absolute atomic E-state index is 0.535. The number of aliphatic hydroxyl groups excluding tert-OH is 1. The summed E-state index contributed by atoms with van der Waals surface area (Å²) in [6, 6.07) is 10.8. The number of hydrogen-bond donors (Lipinski definition) is 1. The van der Waals surface area contributed by atoms with Crippen LogP contribution in [0.3, 0.4) is 0 Å². The van der Waals surface area contributed by atoms with Gasteiger partial charge in [-0.3, -0.25) is 4.98 Å². The molecule has 1 unspecified atom stereocenters. The van der Waals surface area contributed by atoms with E-state index in [-0.39, 0.29) is 0 Å². The molecule has 4 heteroatoms. The lowest BCUT2D eigenvalue weighted by Crippen LogP contribution is -2.03. The van der Waals surface area contributed by atoms with Crippen molar-refractivity contribution in [3.05, 3.63) is 63.3 Å². The van der Waals surface area contributed by atoms with Gasteiger partial charge >= 0.3 is 0 Å². The van der Waals surface area contributed by atoms with Crippen LogP contribution in [0.5, 0.6) is 0 Å². The van der Waals surface area contributed by atoms with Gasteiger partial charge in [-0.15, -0.1) is 0 Å². The van der Waals surface area contributed by atoms with E-state index < -0.39 is 6.10 Å². The zero-order chi connectivity index (χ0) is 11.5. The van der Waals surface area contributed by atoms with Gasteiger partial charge in [-0.2, -0.15) is 0 Å². The SMILES string of the molecule is OC(c1ccccc1Cl)c1ncccc1Br. The third-order valence-corrected chi connectivity index (χ3v) is 3.26. The molecule has 0 aliphatic heterocycles. The monoisotopic (exact) mass is 297 g/mol. The number of nitrogens with zero attached hydrogens (tertiary/aromatic N) is 1. The first-order chi connectivity index (χ1) is 7.70. The smallest absolute Gasteiger partial charge is 0.124 e. The summed E-state index contributed by atoms with van der Waals surface area (Å²) in [5.41, 5.74) is 1.22. The zero-order valence-corrected chi connectivity index (χ0v) is 10.6. The average Bonchev–Trinajstić information content (AvgIpc) is 2.29. The van der Waals surface area contributed by atoms with Crippen molar-refractivity contribution in [1.82, 2.24) is 4.98 Å². The molecule has 2 nitrogen and oxygen atoms in total. The average molecular weight is 299 g/mol. The van der Waals surface area contributed by atoms with Gasteiger partial charge in [0.25, 0.3) is 0 Å². The fourth-order valence-electron chi connectivity index (χ4n) is 1.44. The molecule has 0 saturated carbocycles. The van der Waals surface area contributed by atoms with Crippen molar-refractivity contribution in [2.24, 2.45) is 0 Å². The van der Waals surface area contributed by atoms with E-state index in [0.29, 0.717) is 16.3 Å². The Morgan fingerprint density at radius 2 is 1.94 bits per heavy atom. The molecule has 0 aliphatic rings. The Balaban J connectivity index is 2.44. The quantitative estimate of drug-likeness (QED) is 0.919. The minimum Gasteiger partial charge on any atom is -0.382 e. The predicted octanol–water partition coefficient (Wildman–Crippen LogP) is 3.58. The molecule has 1 heterocycles. The van der Waals surface area contributed by atoms with Crippen molar-refractivity contribution in [2.45, 2.75) is 6.10 Å². The number of pyridine rings is 1. The largest absolute Gasteiger partial charge is 0.382 e. The van der Waals surface area contributed by atoms with Crippen LogP contribution in [0.4, 0.5) is 0 Å². The highest BCUT2D eigenvalue weighted by Gasteiger charge is 2.16. The molecule has 0 aliphatic carbocycles. The fourth-order valence-corrected chi connectivity index (χ4v) is 2.15. The van der Waals surface area contributed by atoms with E-state index in [0.717, 1.165) is 4.47 Å². The van der Waals surface area contributed by atoms with Gasteiger partial charge in [0, 0.05) is 21.3 Å². The third-order valence-electron chi connectivity index (χ3n) is 2.25. The van der Waals surface area contributed by atoms with Crippen LogP contribution in [0, 0.1) is 0 Å². The Morgan fingerprint density at radius 1 is 1.19 bits per heavy atom. The molecule has 16 heavy (non-hydrogen) atoms.